The lowest BCUT2D eigenvalue weighted by molar-refractivity contribution is -0.113. The molecule has 0 saturated heterocycles. The van der Waals surface area contributed by atoms with Crippen LogP contribution >= 0.6 is 23.1 Å². The van der Waals surface area contributed by atoms with E-state index in [0.29, 0.717) is 16.6 Å². The van der Waals surface area contributed by atoms with E-state index in [1.54, 1.807) is 20.4 Å². The van der Waals surface area contributed by atoms with E-state index in [1.165, 1.54) is 23.1 Å². The SMILES string of the molecule is COc1ccc(-c2csc(NC(=O)CSc3ccnc4ccccc34)n2)c(OC)c1. The van der Waals surface area contributed by atoms with Crippen LogP contribution in [0.25, 0.3) is 22.2 Å². The Balaban J connectivity index is 1.43. The van der Waals surface area contributed by atoms with Crippen molar-refractivity contribution < 1.29 is 14.3 Å². The third-order valence-electron chi connectivity index (χ3n) is 4.40. The predicted molar refractivity (Wildman–Crippen MR) is 122 cm³/mol. The smallest absolute Gasteiger partial charge is 0.236 e. The zero-order valence-corrected chi connectivity index (χ0v) is 18.0. The number of carbonyl (C=O) groups is 1. The van der Waals surface area contributed by atoms with Crippen LogP contribution in [0.4, 0.5) is 5.13 Å². The molecule has 4 aromatic rings. The number of nitrogens with one attached hydrogen (secondary N) is 1. The quantitative estimate of drug-likeness (QED) is 0.405. The van der Waals surface area contributed by atoms with Gasteiger partial charge in [-0.25, -0.2) is 4.98 Å². The number of rotatable bonds is 7. The third kappa shape index (κ3) is 4.39. The number of hydrogen-bond acceptors (Lipinski definition) is 7. The summed E-state index contributed by atoms with van der Waals surface area (Å²) < 4.78 is 10.7. The Hall–Kier alpha value is -3.10. The van der Waals surface area contributed by atoms with Gasteiger partial charge in [0, 0.05) is 33.5 Å². The maximum atomic E-state index is 12.5. The lowest BCUT2D eigenvalue weighted by Crippen LogP contribution is -2.13. The summed E-state index contributed by atoms with van der Waals surface area (Å²) in [5.41, 5.74) is 2.50. The van der Waals surface area contributed by atoms with Crippen LogP contribution in [0.5, 0.6) is 11.5 Å². The van der Waals surface area contributed by atoms with E-state index >= 15 is 0 Å². The van der Waals surface area contributed by atoms with E-state index in [4.69, 9.17) is 9.47 Å². The van der Waals surface area contributed by atoms with Crippen molar-refractivity contribution in [1.82, 2.24) is 9.97 Å². The first kappa shape index (κ1) is 20.2. The van der Waals surface area contributed by atoms with Crippen molar-refractivity contribution >= 4 is 45.0 Å². The van der Waals surface area contributed by atoms with E-state index in [2.05, 4.69) is 15.3 Å². The number of ether oxygens (including phenoxy) is 2. The van der Waals surface area contributed by atoms with Crippen LogP contribution in [0.15, 0.2) is 65.0 Å². The molecule has 30 heavy (non-hydrogen) atoms. The molecule has 8 heteroatoms. The molecule has 0 bridgehead atoms. The topological polar surface area (TPSA) is 73.3 Å². The molecule has 0 unspecified atom stereocenters. The highest BCUT2D eigenvalue weighted by Crippen LogP contribution is 2.35. The summed E-state index contributed by atoms with van der Waals surface area (Å²) in [5, 5.41) is 6.36. The first-order valence-electron chi connectivity index (χ1n) is 9.12. The van der Waals surface area contributed by atoms with E-state index in [0.717, 1.165) is 27.1 Å². The van der Waals surface area contributed by atoms with Gasteiger partial charge in [-0.15, -0.1) is 23.1 Å². The summed E-state index contributed by atoms with van der Waals surface area (Å²) in [5.74, 6) is 1.55. The van der Waals surface area contributed by atoms with Gasteiger partial charge in [-0.05, 0) is 24.3 Å². The van der Waals surface area contributed by atoms with Crippen LogP contribution in [0.2, 0.25) is 0 Å². The molecule has 4 rings (SSSR count). The van der Waals surface area contributed by atoms with E-state index < -0.39 is 0 Å². The van der Waals surface area contributed by atoms with E-state index in [1.807, 2.05) is 53.9 Å². The number of carbonyl (C=O) groups excluding carboxylic acids is 1. The lowest BCUT2D eigenvalue weighted by atomic mass is 10.1. The van der Waals surface area contributed by atoms with Gasteiger partial charge in [-0.3, -0.25) is 9.78 Å². The van der Waals surface area contributed by atoms with Crippen LogP contribution in [-0.2, 0) is 4.79 Å². The summed E-state index contributed by atoms with van der Waals surface area (Å²) in [6, 6.07) is 15.4. The fourth-order valence-electron chi connectivity index (χ4n) is 2.96. The van der Waals surface area contributed by atoms with Crippen molar-refractivity contribution in [3.8, 4) is 22.8 Å². The van der Waals surface area contributed by atoms with Crippen LogP contribution < -0.4 is 14.8 Å². The van der Waals surface area contributed by atoms with Gasteiger partial charge in [0.2, 0.25) is 5.91 Å². The Labute approximate surface area is 182 Å². The molecule has 0 spiro atoms. The monoisotopic (exact) mass is 437 g/mol. The van der Waals surface area contributed by atoms with Gasteiger partial charge >= 0.3 is 0 Å². The van der Waals surface area contributed by atoms with Crippen LogP contribution in [0, 0.1) is 0 Å². The maximum absolute atomic E-state index is 12.5. The first-order valence-corrected chi connectivity index (χ1v) is 11.0. The second kappa shape index (κ2) is 9.15. The molecule has 0 radical (unpaired) electrons. The first-order chi connectivity index (χ1) is 14.7. The lowest BCUT2D eigenvalue weighted by Gasteiger charge is -2.08. The number of methoxy groups -OCH3 is 2. The van der Waals surface area contributed by atoms with Crippen LogP contribution in [0.3, 0.4) is 0 Å². The summed E-state index contributed by atoms with van der Waals surface area (Å²) in [6.07, 6.45) is 1.76. The third-order valence-corrected chi connectivity index (χ3v) is 6.23. The molecule has 1 amide bonds. The van der Waals surface area contributed by atoms with Gasteiger partial charge in [0.05, 0.1) is 31.2 Å². The van der Waals surface area contributed by atoms with Gasteiger partial charge < -0.3 is 14.8 Å². The minimum Gasteiger partial charge on any atom is -0.497 e. The van der Waals surface area contributed by atoms with E-state index in [-0.39, 0.29) is 11.7 Å². The molecule has 2 heterocycles. The largest absolute Gasteiger partial charge is 0.497 e. The molecule has 0 atom stereocenters. The normalized spacial score (nSPS) is 10.7. The molecule has 0 saturated carbocycles. The standard InChI is InChI=1S/C22H19N3O3S2/c1-27-14-7-8-15(19(11-14)28-2)18-12-30-22(24-18)25-21(26)13-29-20-9-10-23-17-6-4-3-5-16(17)20/h3-12H,13H2,1-2H3,(H,24,25,26). The Bertz CT molecular complexity index is 1190. The molecule has 1 N–H and O–H groups in total. The number of thiazole rings is 1. The Kier molecular flexibility index (Phi) is 6.15. The van der Waals surface area contributed by atoms with Gasteiger partial charge in [-0.2, -0.15) is 0 Å². The van der Waals surface area contributed by atoms with Gasteiger partial charge in [0.1, 0.15) is 11.5 Å². The zero-order valence-electron chi connectivity index (χ0n) is 16.4. The molecule has 6 nitrogen and oxygen atoms in total. The van der Waals surface area contributed by atoms with Crippen LogP contribution in [0.1, 0.15) is 0 Å². The highest BCUT2D eigenvalue weighted by molar-refractivity contribution is 8.00. The number of hydrogen-bond donors (Lipinski definition) is 1. The number of pyridine rings is 1. The van der Waals surface area contributed by atoms with E-state index in [9.17, 15) is 4.79 Å². The molecule has 2 aromatic heterocycles. The summed E-state index contributed by atoms with van der Waals surface area (Å²) in [7, 11) is 3.21. The average molecular weight is 438 g/mol. The molecular weight excluding hydrogens is 418 g/mol. The number of benzene rings is 2. The Morgan fingerprint density at radius 3 is 2.83 bits per heavy atom. The summed E-state index contributed by atoms with van der Waals surface area (Å²) in [4.78, 5) is 22.4. The minimum atomic E-state index is -0.108. The van der Waals surface area contributed by atoms with Crippen molar-refractivity contribution in [1.29, 1.82) is 0 Å². The minimum absolute atomic E-state index is 0.108. The Morgan fingerprint density at radius 2 is 2.00 bits per heavy atom. The number of thioether (sulfide) groups is 1. The van der Waals surface area contributed by atoms with Crippen molar-refractivity contribution in [3.63, 3.8) is 0 Å². The summed E-state index contributed by atoms with van der Waals surface area (Å²) >= 11 is 2.86. The average Bonchev–Trinajstić information content (AvgIpc) is 3.25. The highest BCUT2D eigenvalue weighted by atomic mass is 32.2. The number of fused-ring (bicyclic) bond motifs is 1. The number of para-hydroxylation sites is 1. The molecular formula is C22H19N3O3S2. The van der Waals surface area contributed by atoms with Gasteiger partial charge in [-0.1, -0.05) is 18.2 Å². The summed E-state index contributed by atoms with van der Waals surface area (Å²) in [6.45, 7) is 0. The molecule has 0 aliphatic rings. The second-order valence-corrected chi connectivity index (χ2v) is 8.14. The van der Waals surface area contributed by atoms with Crippen molar-refractivity contribution in [2.75, 3.05) is 25.3 Å². The van der Waals surface area contributed by atoms with Crippen molar-refractivity contribution in [2.24, 2.45) is 0 Å². The van der Waals surface area contributed by atoms with Crippen molar-refractivity contribution in [2.45, 2.75) is 4.90 Å². The molecule has 0 fully saturated rings. The molecule has 0 aliphatic heterocycles. The highest BCUT2D eigenvalue weighted by Gasteiger charge is 2.13. The fraction of sp³-hybridized carbons (Fsp3) is 0.136. The van der Waals surface area contributed by atoms with Gasteiger partial charge in [0.15, 0.2) is 5.13 Å². The molecule has 0 aliphatic carbocycles. The second-order valence-electron chi connectivity index (χ2n) is 6.27. The predicted octanol–water partition coefficient (Wildman–Crippen LogP) is 5.11. The number of amides is 1. The van der Waals surface area contributed by atoms with Crippen LogP contribution in [-0.4, -0.2) is 35.8 Å². The van der Waals surface area contributed by atoms with Crippen molar-refractivity contribution in [3.05, 3.63) is 60.1 Å². The number of anilines is 1. The maximum Gasteiger partial charge on any atom is 0.236 e. The zero-order chi connectivity index (χ0) is 20.9. The van der Waals surface area contributed by atoms with Gasteiger partial charge in [0.25, 0.3) is 0 Å². The Morgan fingerprint density at radius 1 is 1.13 bits per heavy atom. The molecule has 2 aromatic carbocycles. The molecule has 152 valence electrons. The fourth-order valence-corrected chi connectivity index (χ4v) is 4.53. The number of nitrogens with zero attached hydrogens (tertiary/aromatic N) is 2. The number of aromatic nitrogens is 2.